The van der Waals surface area contributed by atoms with E-state index in [9.17, 15) is 4.79 Å². The van der Waals surface area contributed by atoms with E-state index in [4.69, 9.17) is 10.5 Å². The molecule has 0 unspecified atom stereocenters. The first-order valence-corrected chi connectivity index (χ1v) is 8.49. The molecule has 3 rings (SSSR count). The summed E-state index contributed by atoms with van der Waals surface area (Å²) >= 11 is 0. The maximum absolute atomic E-state index is 11.6. The van der Waals surface area contributed by atoms with E-state index in [1.54, 1.807) is 12.1 Å². The summed E-state index contributed by atoms with van der Waals surface area (Å²) in [5, 5.41) is 7.32. The lowest BCUT2D eigenvalue weighted by Crippen LogP contribution is -2.22. The van der Waals surface area contributed by atoms with Crippen LogP contribution in [0.1, 0.15) is 19.9 Å². The number of rotatable bonds is 6. The molecule has 0 atom stereocenters. The number of nitrogens with two attached hydrogens (primary N) is 1. The summed E-state index contributed by atoms with van der Waals surface area (Å²) < 4.78 is 7.90. The fraction of sp³-hybridized carbons (Fsp3) is 0.200. The number of nitrogens with one attached hydrogen (secondary N) is 1. The molecule has 6 heteroatoms. The first kappa shape index (κ1) is 17.7. The van der Waals surface area contributed by atoms with Gasteiger partial charge in [-0.15, -0.1) is 0 Å². The molecule has 3 N–H and O–H groups in total. The van der Waals surface area contributed by atoms with Crippen molar-refractivity contribution >= 4 is 11.6 Å². The second-order valence-electron chi connectivity index (χ2n) is 6.15. The Kier molecular flexibility index (Phi) is 5.34. The highest BCUT2D eigenvalue weighted by atomic mass is 16.5. The van der Waals surface area contributed by atoms with Crippen LogP contribution in [-0.2, 0) is 4.79 Å². The van der Waals surface area contributed by atoms with Crippen molar-refractivity contribution in [1.82, 2.24) is 9.78 Å². The highest BCUT2D eigenvalue weighted by Gasteiger charge is 2.09. The summed E-state index contributed by atoms with van der Waals surface area (Å²) in [7, 11) is 0. The molecule has 0 fully saturated rings. The summed E-state index contributed by atoms with van der Waals surface area (Å²) in [6.45, 7) is 4.09. The molecule has 1 heterocycles. The first-order chi connectivity index (χ1) is 12.6. The third kappa shape index (κ3) is 4.10. The van der Waals surface area contributed by atoms with Gasteiger partial charge in [0.1, 0.15) is 5.75 Å². The van der Waals surface area contributed by atoms with Crippen LogP contribution >= 0.6 is 0 Å². The Balaban J connectivity index is 1.84. The lowest BCUT2D eigenvalue weighted by molar-refractivity contribution is -0.114. The van der Waals surface area contributed by atoms with E-state index in [-0.39, 0.29) is 12.5 Å². The maximum atomic E-state index is 11.6. The summed E-state index contributed by atoms with van der Waals surface area (Å²) in [6, 6.07) is 17.2. The van der Waals surface area contributed by atoms with Gasteiger partial charge in [0.05, 0.1) is 17.9 Å². The lowest BCUT2D eigenvalue weighted by atomic mass is 10.1. The van der Waals surface area contributed by atoms with Crippen molar-refractivity contribution in [3.63, 3.8) is 0 Å². The Morgan fingerprint density at radius 3 is 2.73 bits per heavy atom. The average Bonchev–Trinajstić information content (AvgIpc) is 3.14. The van der Waals surface area contributed by atoms with Crippen LogP contribution in [0.15, 0.2) is 60.8 Å². The Morgan fingerprint density at radius 2 is 2.00 bits per heavy atom. The highest BCUT2D eigenvalue weighted by Crippen LogP contribution is 2.31. The minimum Gasteiger partial charge on any atom is -0.455 e. The van der Waals surface area contributed by atoms with Crippen molar-refractivity contribution in [1.29, 1.82) is 0 Å². The van der Waals surface area contributed by atoms with Crippen molar-refractivity contribution in [2.24, 2.45) is 5.73 Å². The number of ether oxygens (including phenoxy) is 1. The van der Waals surface area contributed by atoms with Crippen molar-refractivity contribution < 1.29 is 9.53 Å². The van der Waals surface area contributed by atoms with E-state index in [1.165, 1.54) is 0 Å². The summed E-state index contributed by atoms with van der Waals surface area (Å²) in [6.07, 6.45) is 1.96. The quantitative estimate of drug-likeness (QED) is 0.708. The van der Waals surface area contributed by atoms with Gasteiger partial charge < -0.3 is 15.8 Å². The first-order valence-electron chi connectivity index (χ1n) is 8.49. The number of amides is 1. The molecule has 1 amide bonds. The minimum absolute atomic E-state index is 0.0810. The minimum atomic E-state index is -0.269. The van der Waals surface area contributed by atoms with Crippen molar-refractivity contribution in [2.75, 3.05) is 11.9 Å². The predicted octanol–water partition coefficient (Wildman–Crippen LogP) is 3.82. The SMILES string of the molecule is CC(C)n1ccc(-c2cccc(Oc3ccccc3NC(=O)CN)c2)n1. The number of carbonyl (C=O) groups is 1. The molecule has 0 spiro atoms. The highest BCUT2D eigenvalue weighted by molar-refractivity contribution is 5.93. The van der Waals surface area contributed by atoms with Gasteiger partial charge in [0.2, 0.25) is 5.91 Å². The van der Waals surface area contributed by atoms with Crippen LogP contribution in [0.4, 0.5) is 5.69 Å². The molecule has 134 valence electrons. The number of para-hydroxylation sites is 2. The van der Waals surface area contributed by atoms with Gasteiger partial charge in [-0.3, -0.25) is 9.48 Å². The zero-order valence-corrected chi connectivity index (χ0v) is 14.8. The number of aromatic nitrogens is 2. The Hall–Kier alpha value is -3.12. The van der Waals surface area contributed by atoms with E-state index in [0.29, 0.717) is 23.2 Å². The molecule has 0 bridgehead atoms. The molecular weight excluding hydrogens is 328 g/mol. The summed E-state index contributed by atoms with van der Waals surface area (Å²) in [4.78, 5) is 11.6. The average molecular weight is 350 g/mol. The number of nitrogens with zero attached hydrogens (tertiary/aromatic N) is 2. The largest absolute Gasteiger partial charge is 0.455 e. The third-order valence-electron chi connectivity index (χ3n) is 3.84. The van der Waals surface area contributed by atoms with Gasteiger partial charge in [0, 0.05) is 17.8 Å². The summed E-state index contributed by atoms with van der Waals surface area (Å²) in [5.41, 5.74) is 7.80. The smallest absolute Gasteiger partial charge is 0.238 e. The topological polar surface area (TPSA) is 82.2 Å². The predicted molar refractivity (Wildman–Crippen MR) is 102 cm³/mol. The van der Waals surface area contributed by atoms with E-state index in [2.05, 4.69) is 24.3 Å². The molecule has 0 saturated carbocycles. The van der Waals surface area contributed by atoms with Gasteiger partial charge in [-0.2, -0.15) is 5.10 Å². The van der Waals surface area contributed by atoms with E-state index in [0.717, 1.165) is 11.3 Å². The van der Waals surface area contributed by atoms with Gasteiger partial charge >= 0.3 is 0 Å². The molecule has 2 aromatic carbocycles. The molecule has 1 aromatic heterocycles. The Labute approximate surface area is 152 Å². The zero-order chi connectivity index (χ0) is 18.5. The van der Waals surface area contributed by atoms with Crippen molar-refractivity contribution in [2.45, 2.75) is 19.9 Å². The molecule has 3 aromatic rings. The molecular formula is C20H22N4O2. The Morgan fingerprint density at radius 1 is 1.19 bits per heavy atom. The van der Waals surface area contributed by atoms with Crippen LogP contribution in [0.2, 0.25) is 0 Å². The van der Waals surface area contributed by atoms with Crippen LogP contribution < -0.4 is 15.8 Å². The molecule has 0 saturated heterocycles. The number of carbonyl (C=O) groups excluding carboxylic acids is 1. The molecule has 26 heavy (non-hydrogen) atoms. The van der Waals surface area contributed by atoms with Gasteiger partial charge in [0.15, 0.2) is 5.75 Å². The number of hydrogen-bond acceptors (Lipinski definition) is 4. The molecule has 0 radical (unpaired) electrons. The van der Waals surface area contributed by atoms with E-state index < -0.39 is 0 Å². The van der Waals surface area contributed by atoms with E-state index >= 15 is 0 Å². The Bertz CT molecular complexity index is 902. The second kappa shape index (κ2) is 7.84. The zero-order valence-electron chi connectivity index (χ0n) is 14.8. The monoisotopic (exact) mass is 350 g/mol. The van der Waals surface area contributed by atoms with Crippen molar-refractivity contribution in [3.05, 3.63) is 60.8 Å². The molecule has 0 aliphatic carbocycles. The van der Waals surface area contributed by atoms with E-state index in [1.807, 2.05) is 53.3 Å². The van der Waals surface area contributed by atoms with Gasteiger partial charge in [-0.05, 0) is 44.2 Å². The number of anilines is 1. The fourth-order valence-corrected chi connectivity index (χ4v) is 2.49. The standard InChI is InChI=1S/C20H22N4O2/c1-14(2)24-11-10-17(23-24)15-6-5-7-16(12-15)26-19-9-4-3-8-18(19)22-20(25)13-21/h3-12,14H,13,21H2,1-2H3,(H,22,25). The summed E-state index contributed by atoms with van der Waals surface area (Å²) in [5.74, 6) is 0.948. The van der Waals surface area contributed by atoms with Gasteiger partial charge in [0.25, 0.3) is 0 Å². The number of hydrogen-bond donors (Lipinski definition) is 2. The number of benzene rings is 2. The molecule has 0 aliphatic heterocycles. The van der Waals surface area contributed by atoms with Gasteiger partial charge in [-0.25, -0.2) is 0 Å². The normalized spacial score (nSPS) is 10.8. The second-order valence-corrected chi connectivity index (χ2v) is 6.15. The molecule has 6 nitrogen and oxygen atoms in total. The van der Waals surface area contributed by atoms with Crippen LogP contribution in [0.5, 0.6) is 11.5 Å². The van der Waals surface area contributed by atoms with Crippen LogP contribution in [0.3, 0.4) is 0 Å². The fourth-order valence-electron chi connectivity index (χ4n) is 2.49. The maximum Gasteiger partial charge on any atom is 0.238 e. The van der Waals surface area contributed by atoms with Gasteiger partial charge in [-0.1, -0.05) is 24.3 Å². The molecule has 0 aliphatic rings. The van der Waals surface area contributed by atoms with Crippen LogP contribution in [0, 0.1) is 0 Å². The van der Waals surface area contributed by atoms with Crippen LogP contribution in [-0.4, -0.2) is 22.2 Å². The third-order valence-corrected chi connectivity index (χ3v) is 3.84. The lowest BCUT2D eigenvalue weighted by Gasteiger charge is -2.12. The van der Waals surface area contributed by atoms with Crippen LogP contribution in [0.25, 0.3) is 11.3 Å². The van der Waals surface area contributed by atoms with Crippen molar-refractivity contribution in [3.8, 4) is 22.8 Å².